The molecule has 1 aromatic carbocycles. The lowest BCUT2D eigenvalue weighted by Gasteiger charge is -2.12. The van der Waals surface area contributed by atoms with Crippen LogP contribution in [-0.4, -0.2) is 42.9 Å². The van der Waals surface area contributed by atoms with Crippen LogP contribution in [0.2, 0.25) is 0 Å². The molecule has 0 unspecified atom stereocenters. The molecule has 1 atom stereocenters. The molecule has 154 valence electrons. The van der Waals surface area contributed by atoms with Gasteiger partial charge in [-0.3, -0.25) is 4.79 Å². The van der Waals surface area contributed by atoms with E-state index in [9.17, 15) is 4.79 Å². The van der Waals surface area contributed by atoms with Gasteiger partial charge in [-0.15, -0.1) is 10.2 Å². The van der Waals surface area contributed by atoms with Gasteiger partial charge in [0, 0.05) is 22.5 Å². The number of carbonyl (C=O) groups is 1. The van der Waals surface area contributed by atoms with Crippen molar-refractivity contribution in [2.24, 2.45) is 0 Å². The first-order chi connectivity index (χ1) is 14.5. The van der Waals surface area contributed by atoms with Gasteiger partial charge in [-0.1, -0.05) is 0 Å². The lowest BCUT2D eigenvalue weighted by Crippen LogP contribution is -2.15. The number of esters is 1. The summed E-state index contributed by atoms with van der Waals surface area (Å²) < 4.78 is 17.9. The van der Waals surface area contributed by atoms with Crippen LogP contribution in [0.3, 0.4) is 0 Å². The SMILES string of the molecule is COc1ccc(-c2nnc([C@@H](C)OC(=O)Cc3c(C)nc4ncnn4c3C)o2)cc1. The third-order valence-corrected chi connectivity index (χ3v) is 4.74. The van der Waals surface area contributed by atoms with Crippen molar-refractivity contribution in [1.29, 1.82) is 0 Å². The van der Waals surface area contributed by atoms with Gasteiger partial charge in [-0.05, 0) is 45.0 Å². The average molecular weight is 408 g/mol. The monoisotopic (exact) mass is 408 g/mol. The Morgan fingerprint density at radius 1 is 1.20 bits per heavy atom. The van der Waals surface area contributed by atoms with Gasteiger partial charge in [0.1, 0.15) is 12.1 Å². The molecule has 30 heavy (non-hydrogen) atoms. The molecule has 3 heterocycles. The van der Waals surface area contributed by atoms with Crippen LogP contribution in [0.4, 0.5) is 0 Å². The van der Waals surface area contributed by atoms with Crippen molar-refractivity contribution in [2.75, 3.05) is 7.11 Å². The van der Waals surface area contributed by atoms with E-state index in [4.69, 9.17) is 13.9 Å². The van der Waals surface area contributed by atoms with E-state index in [2.05, 4.69) is 25.3 Å². The molecule has 0 radical (unpaired) electrons. The van der Waals surface area contributed by atoms with Gasteiger partial charge in [0.2, 0.25) is 5.89 Å². The Morgan fingerprint density at radius 2 is 1.97 bits per heavy atom. The molecular formula is C20H20N6O4. The Labute approximate surface area is 171 Å². The van der Waals surface area contributed by atoms with Gasteiger partial charge < -0.3 is 13.9 Å². The number of fused-ring (bicyclic) bond motifs is 1. The maximum atomic E-state index is 12.5. The second-order valence-electron chi connectivity index (χ2n) is 6.72. The number of hydrogen-bond acceptors (Lipinski definition) is 9. The molecule has 0 amide bonds. The van der Waals surface area contributed by atoms with E-state index in [1.54, 1.807) is 30.7 Å². The van der Waals surface area contributed by atoms with Gasteiger partial charge in [0.15, 0.2) is 6.10 Å². The Hall–Kier alpha value is -3.82. The Bertz CT molecular complexity index is 1200. The van der Waals surface area contributed by atoms with Crippen LogP contribution in [0.1, 0.15) is 35.9 Å². The number of aromatic nitrogens is 6. The molecule has 10 nitrogen and oxygen atoms in total. The first kappa shape index (κ1) is 19.5. The lowest BCUT2D eigenvalue weighted by atomic mass is 10.1. The summed E-state index contributed by atoms with van der Waals surface area (Å²) >= 11 is 0. The smallest absolute Gasteiger partial charge is 0.311 e. The van der Waals surface area contributed by atoms with Crippen molar-refractivity contribution in [2.45, 2.75) is 33.3 Å². The molecule has 4 rings (SSSR count). The van der Waals surface area contributed by atoms with E-state index in [-0.39, 0.29) is 12.3 Å². The number of methoxy groups -OCH3 is 1. The minimum absolute atomic E-state index is 0.0459. The molecule has 0 aliphatic rings. The Morgan fingerprint density at radius 3 is 2.70 bits per heavy atom. The zero-order valence-corrected chi connectivity index (χ0v) is 17.0. The molecule has 0 saturated carbocycles. The summed E-state index contributed by atoms with van der Waals surface area (Å²) in [4.78, 5) is 21.0. The molecule has 10 heteroatoms. The first-order valence-electron chi connectivity index (χ1n) is 9.29. The highest BCUT2D eigenvalue weighted by Gasteiger charge is 2.21. The molecule has 4 aromatic rings. The van der Waals surface area contributed by atoms with Gasteiger partial charge >= 0.3 is 5.97 Å². The van der Waals surface area contributed by atoms with Crippen molar-refractivity contribution in [1.82, 2.24) is 29.8 Å². The fraction of sp³-hybridized carbons (Fsp3) is 0.300. The fourth-order valence-corrected chi connectivity index (χ4v) is 3.09. The van der Waals surface area contributed by atoms with Crippen LogP contribution in [0.25, 0.3) is 17.2 Å². The Kier molecular flexibility index (Phi) is 5.13. The fourth-order valence-electron chi connectivity index (χ4n) is 3.09. The number of hydrogen-bond donors (Lipinski definition) is 0. The number of rotatable bonds is 6. The molecule has 0 saturated heterocycles. The largest absolute Gasteiger partial charge is 0.497 e. The van der Waals surface area contributed by atoms with E-state index < -0.39 is 12.1 Å². The molecule has 0 aliphatic carbocycles. The van der Waals surface area contributed by atoms with Gasteiger partial charge in [-0.25, -0.2) is 9.50 Å². The summed E-state index contributed by atoms with van der Waals surface area (Å²) in [6, 6.07) is 7.22. The molecule has 0 bridgehead atoms. The zero-order valence-electron chi connectivity index (χ0n) is 17.0. The normalized spacial score (nSPS) is 12.1. The topological polar surface area (TPSA) is 118 Å². The first-order valence-corrected chi connectivity index (χ1v) is 9.29. The third-order valence-electron chi connectivity index (χ3n) is 4.74. The van der Waals surface area contributed by atoms with Crippen LogP contribution >= 0.6 is 0 Å². The quantitative estimate of drug-likeness (QED) is 0.444. The van der Waals surface area contributed by atoms with Crippen LogP contribution in [-0.2, 0) is 16.0 Å². The molecule has 0 N–H and O–H groups in total. The predicted molar refractivity (Wildman–Crippen MR) is 105 cm³/mol. The summed E-state index contributed by atoms with van der Waals surface area (Å²) in [6.45, 7) is 5.37. The third kappa shape index (κ3) is 3.71. The standard InChI is InChI=1S/C20H20N6O4/c1-11-16(12(2)26-20(23-11)21-10-22-26)9-17(27)29-13(3)18-24-25-19(30-18)14-5-7-15(28-4)8-6-14/h5-8,10,13H,9H2,1-4H3/t13-/m1/s1. The van der Waals surface area contributed by atoms with E-state index in [1.165, 1.54) is 6.33 Å². The number of nitrogens with zero attached hydrogens (tertiary/aromatic N) is 6. The highest BCUT2D eigenvalue weighted by molar-refractivity contribution is 5.73. The average Bonchev–Trinajstić information content (AvgIpc) is 3.41. The highest BCUT2D eigenvalue weighted by Crippen LogP contribution is 2.24. The summed E-state index contributed by atoms with van der Waals surface area (Å²) in [5.74, 6) is 1.34. The van der Waals surface area contributed by atoms with Crippen LogP contribution in [0.5, 0.6) is 5.75 Å². The molecule has 0 fully saturated rings. The van der Waals surface area contributed by atoms with Crippen molar-refractivity contribution in [3.63, 3.8) is 0 Å². The molecule has 0 spiro atoms. The summed E-state index contributed by atoms with van der Waals surface area (Å²) in [5, 5.41) is 12.2. The predicted octanol–water partition coefficient (Wildman–Crippen LogP) is 2.65. The number of ether oxygens (including phenoxy) is 2. The van der Waals surface area contributed by atoms with E-state index in [0.29, 0.717) is 17.4 Å². The van der Waals surface area contributed by atoms with Crippen LogP contribution in [0, 0.1) is 13.8 Å². The maximum absolute atomic E-state index is 12.5. The minimum atomic E-state index is -0.694. The van der Waals surface area contributed by atoms with Gasteiger partial charge in [0.05, 0.1) is 13.5 Å². The van der Waals surface area contributed by atoms with E-state index >= 15 is 0 Å². The zero-order chi connectivity index (χ0) is 21.3. The van der Waals surface area contributed by atoms with Crippen molar-refractivity contribution in [3.8, 4) is 17.2 Å². The van der Waals surface area contributed by atoms with Crippen LogP contribution < -0.4 is 4.74 Å². The molecule has 0 aliphatic heterocycles. The lowest BCUT2D eigenvalue weighted by molar-refractivity contribution is -0.148. The minimum Gasteiger partial charge on any atom is -0.497 e. The second kappa shape index (κ2) is 7.90. The maximum Gasteiger partial charge on any atom is 0.311 e. The molecular weight excluding hydrogens is 388 g/mol. The number of carbonyl (C=O) groups excluding carboxylic acids is 1. The number of benzene rings is 1. The Balaban J connectivity index is 1.46. The van der Waals surface area contributed by atoms with E-state index in [0.717, 1.165) is 22.6 Å². The van der Waals surface area contributed by atoms with Crippen molar-refractivity contribution < 1.29 is 18.7 Å². The van der Waals surface area contributed by atoms with Crippen molar-refractivity contribution in [3.05, 3.63) is 53.4 Å². The summed E-state index contributed by atoms with van der Waals surface area (Å²) in [6.07, 6.45) is 0.778. The second-order valence-corrected chi connectivity index (χ2v) is 6.72. The summed E-state index contributed by atoms with van der Waals surface area (Å²) in [5.41, 5.74) is 2.98. The summed E-state index contributed by atoms with van der Waals surface area (Å²) in [7, 11) is 1.60. The molecule has 3 aromatic heterocycles. The van der Waals surface area contributed by atoms with E-state index in [1.807, 2.05) is 26.0 Å². The van der Waals surface area contributed by atoms with Gasteiger partial charge in [0.25, 0.3) is 11.7 Å². The number of aryl methyl sites for hydroxylation is 2. The van der Waals surface area contributed by atoms with Crippen LogP contribution in [0.15, 0.2) is 35.0 Å². The van der Waals surface area contributed by atoms with Crippen molar-refractivity contribution >= 4 is 11.7 Å². The van der Waals surface area contributed by atoms with Gasteiger partial charge in [-0.2, -0.15) is 10.1 Å². The highest BCUT2D eigenvalue weighted by atomic mass is 16.6.